The third-order valence-corrected chi connectivity index (χ3v) is 5.52. The van der Waals surface area contributed by atoms with Crippen LogP contribution in [-0.4, -0.2) is 59.3 Å². The Balaban J connectivity index is 1.06. The molecule has 0 aliphatic carbocycles. The number of H-pyrrole nitrogens is 1. The lowest BCUT2D eigenvalue weighted by molar-refractivity contribution is 0.0945. The third kappa shape index (κ3) is 5.35. The maximum absolute atomic E-state index is 12.4. The van der Waals surface area contributed by atoms with Gasteiger partial charge >= 0.3 is 0 Å². The topological polar surface area (TPSA) is 136 Å². The average molecular weight is 479 g/mol. The third-order valence-electron chi connectivity index (χ3n) is 5.52. The number of nitrogens with zero attached hydrogens (tertiary/aromatic N) is 3. The zero-order valence-corrected chi connectivity index (χ0v) is 19.3. The SMILES string of the molecule is COc1cccnc1CNC(=O)c1coc(CCNCCc2nc3cc4c(cc3[nH]2)OCCO4)n1. The summed E-state index contributed by atoms with van der Waals surface area (Å²) < 4.78 is 21.9. The molecule has 5 rings (SSSR count). The quantitative estimate of drug-likeness (QED) is 0.292. The number of aromatic nitrogens is 4. The van der Waals surface area contributed by atoms with Crippen molar-refractivity contribution in [1.29, 1.82) is 0 Å². The molecule has 11 nitrogen and oxygen atoms in total. The normalized spacial score (nSPS) is 12.6. The molecule has 1 aromatic carbocycles. The predicted molar refractivity (Wildman–Crippen MR) is 126 cm³/mol. The molecule has 1 aliphatic rings. The minimum absolute atomic E-state index is 0.229. The molecule has 1 aliphatic heterocycles. The Morgan fingerprint density at radius 3 is 2.83 bits per heavy atom. The second-order valence-corrected chi connectivity index (χ2v) is 7.91. The van der Waals surface area contributed by atoms with Gasteiger partial charge in [-0.05, 0) is 12.1 Å². The van der Waals surface area contributed by atoms with Crippen molar-refractivity contribution in [3.05, 3.63) is 59.8 Å². The first-order chi connectivity index (χ1) is 17.2. The number of pyridine rings is 1. The van der Waals surface area contributed by atoms with Gasteiger partial charge in [0.05, 0.1) is 24.7 Å². The fourth-order valence-electron chi connectivity index (χ4n) is 3.77. The van der Waals surface area contributed by atoms with Crippen LogP contribution in [0, 0.1) is 0 Å². The Kier molecular flexibility index (Phi) is 6.75. The van der Waals surface area contributed by atoms with E-state index in [1.807, 2.05) is 12.1 Å². The maximum atomic E-state index is 12.4. The van der Waals surface area contributed by atoms with Crippen LogP contribution in [0.2, 0.25) is 0 Å². The molecule has 0 radical (unpaired) electrons. The van der Waals surface area contributed by atoms with E-state index < -0.39 is 0 Å². The average Bonchev–Trinajstić information content (AvgIpc) is 3.52. The number of amides is 1. The van der Waals surface area contributed by atoms with Crippen molar-refractivity contribution in [3.8, 4) is 17.2 Å². The number of rotatable bonds is 10. The van der Waals surface area contributed by atoms with Crippen molar-refractivity contribution in [2.24, 2.45) is 0 Å². The molecule has 3 N–H and O–H groups in total. The molecule has 182 valence electrons. The van der Waals surface area contributed by atoms with Crippen LogP contribution in [0.15, 0.2) is 41.1 Å². The Morgan fingerprint density at radius 1 is 1.14 bits per heavy atom. The van der Waals surface area contributed by atoms with Crippen LogP contribution in [0.25, 0.3) is 11.0 Å². The molecule has 0 spiro atoms. The Bertz CT molecular complexity index is 1270. The number of hydrogen-bond acceptors (Lipinski definition) is 9. The minimum atomic E-state index is -0.331. The molecule has 3 aromatic heterocycles. The first kappa shape index (κ1) is 22.7. The van der Waals surface area contributed by atoms with Gasteiger partial charge in [-0.2, -0.15) is 0 Å². The van der Waals surface area contributed by atoms with Crippen molar-refractivity contribution < 1.29 is 23.4 Å². The molecule has 4 heterocycles. The van der Waals surface area contributed by atoms with E-state index in [4.69, 9.17) is 18.6 Å². The van der Waals surface area contributed by atoms with E-state index in [2.05, 4.69) is 30.6 Å². The number of nitrogens with one attached hydrogen (secondary N) is 3. The highest BCUT2D eigenvalue weighted by Crippen LogP contribution is 2.33. The van der Waals surface area contributed by atoms with Crippen molar-refractivity contribution in [2.45, 2.75) is 19.4 Å². The summed E-state index contributed by atoms with van der Waals surface area (Å²) >= 11 is 0. The molecule has 4 aromatic rings. The fourth-order valence-corrected chi connectivity index (χ4v) is 3.77. The van der Waals surface area contributed by atoms with Crippen molar-refractivity contribution >= 4 is 16.9 Å². The summed E-state index contributed by atoms with van der Waals surface area (Å²) in [5, 5.41) is 6.13. The van der Waals surface area contributed by atoms with Crippen LogP contribution in [0.1, 0.15) is 27.9 Å². The van der Waals surface area contributed by atoms with Crippen LogP contribution in [0.3, 0.4) is 0 Å². The van der Waals surface area contributed by atoms with Crippen LogP contribution in [0.5, 0.6) is 17.2 Å². The molecule has 11 heteroatoms. The molecule has 1 amide bonds. The number of benzene rings is 1. The fraction of sp³-hybridized carbons (Fsp3) is 0.333. The molecular formula is C24H26N6O5. The molecule has 0 atom stereocenters. The van der Waals surface area contributed by atoms with Crippen LogP contribution < -0.4 is 24.8 Å². The smallest absolute Gasteiger partial charge is 0.273 e. The Morgan fingerprint density at radius 2 is 1.97 bits per heavy atom. The lowest BCUT2D eigenvalue weighted by Crippen LogP contribution is -2.24. The summed E-state index contributed by atoms with van der Waals surface area (Å²) in [4.78, 5) is 28.8. The summed E-state index contributed by atoms with van der Waals surface area (Å²) in [6.07, 6.45) is 4.30. The number of hydrogen-bond donors (Lipinski definition) is 3. The first-order valence-electron chi connectivity index (χ1n) is 11.4. The number of methoxy groups -OCH3 is 1. The molecule has 0 saturated heterocycles. The Hall–Kier alpha value is -4.12. The summed E-state index contributed by atoms with van der Waals surface area (Å²) in [6.45, 7) is 2.73. The predicted octanol–water partition coefficient (Wildman–Crippen LogP) is 2.03. The van der Waals surface area contributed by atoms with E-state index in [9.17, 15) is 4.79 Å². The molecule has 0 unspecified atom stereocenters. The number of carbonyl (C=O) groups excluding carboxylic acids is 1. The van der Waals surface area contributed by atoms with E-state index in [-0.39, 0.29) is 18.1 Å². The second-order valence-electron chi connectivity index (χ2n) is 7.91. The van der Waals surface area contributed by atoms with E-state index in [1.54, 1.807) is 25.4 Å². The number of carbonyl (C=O) groups is 1. The van der Waals surface area contributed by atoms with Gasteiger partial charge in [0, 0.05) is 44.3 Å². The molecule has 0 saturated carbocycles. The van der Waals surface area contributed by atoms with E-state index in [1.165, 1.54) is 6.26 Å². The first-order valence-corrected chi connectivity index (χ1v) is 11.4. The van der Waals surface area contributed by atoms with Gasteiger partial charge in [-0.15, -0.1) is 0 Å². The highest BCUT2D eigenvalue weighted by Gasteiger charge is 2.15. The standard InChI is InChI=1S/C24H26N6O5/c1-32-19-3-2-6-26-17(19)13-27-24(31)18-14-35-23(30-18)5-8-25-7-4-22-28-15-11-20-21(12-16(15)29-22)34-10-9-33-20/h2-3,6,11-12,14,25H,4-5,7-10,13H2,1H3,(H,27,31)(H,28,29). The number of oxazole rings is 1. The van der Waals surface area contributed by atoms with E-state index in [0.29, 0.717) is 43.5 Å². The summed E-state index contributed by atoms with van der Waals surface area (Å²) in [6, 6.07) is 7.40. The molecule has 35 heavy (non-hydrogen) atoms. The van der Waals surface area contributed by atoms with Crippen molar-refractivity contribution in [2.75, 3.05) is 33.4 Å². The van der Waals surface area contributed by atoms with Crippen LogP contribution >= 0.6 is 0 Å². The van der Waals surface area contributed by atoms with Crippen LogP contribution in [-0.2, 0) is 19.4 Å². The lowest BCUT2D eigenvalue weighted by atomic mass is 10.2. The van der Waals surface area contributed by atoms with Crippen molar-refractivity contribution in [3.63, 3.8) is 0 Å². The van der Waals surface area contributed by atoms with Crippen LogP contribution in [0.4, 0.5) is 0 Å². The van der Waals surface area contributed by atoms with Crippen molar-refractivity contribution in [1.82, 2.24) is 30.6 Å². The van der Waals surface area contributed by atoms with Gasteiger partial charge in [0.1, 0.15) is 36.7 Å². The summed E-state index contributed by atoms with van der Waals surface area (Å²) in [5.41, 5.74) is 2.66. The largest absolute Gasteiger partial charge is 0.495 e. The van der Waals surface area contributed by atoms with E-state index >= 15 is 0 Å². The molecular weight excluding hydrogens is 452 g/mol. The number of imidazole rings is 1. The second kappa shape index (κ2) is 10.4. The van der Waals surface area contributed by atoms with Gasteiger partial charge in [0.2, 0.25) is 0 Å². The maximum Gasteiger partial charge on any atom is 0.273 e. The van der Waals surface area contributed by atoms with Gasteiger partial charge in [-0.25, -0.2) is 9.97 Å². The van der Waals surface area contributed by atoms with Gasteiger partial charge in [-0.1, -0.05) is 0 Å². The summed E-state index contributed by atoms with van der Waals surface area (Å²) in [5.74, 6) is 3.14. The number of ether oxygens (including phenoxy) is 3. The zero-order valence-electron chi connectivity index (χ0n) is 19.3. The molecule has 0 bridgehead atoms. The highest BCUT2D eigenvalue weighted by molar-refractivity contribution is 5.91. The monoisotopic (exact) mass is 478 g/mol. The zero-order chi connectivity index (χ0) is 24.0. The lowest BCUT2D eigenvalue weighted by Gasteiger charge is -2.17. The van der Waals surface area contributed by atoms with Gasteiger partial charge in [0.15, 0.2) is 23.1 Å². The van der Waals surface area contributed by atoms with Gasteiger partial charge in [-0.3, -0.25) is 9.78 Å². The highest BCUT2D eigenvalue weighted by atomic mass is 16.6. The van der Waals surface area contributed by atoms with Gasteiger partial charge < -0.3 is 34.2 Å². The van der Waals surface area contributed by atoms with E-state index in [0.717, 1.165) is 41.3 Å². The number of aromatic amines is 1. The Labute approximate surface area is 201 Å². The molecule has 0 fully saturated rings. The van der Waals surface area contributed by atoms with Gasteiger partial charge in [0.25, 0.3) is 5.91 Å². The number of fused-ring (bicyclic) bond motifs is 2. The summed E-state index contributed by atoms with van der Waals surface area (Å²) in [7, 11) is 1.56. The minimum Gasteiger partial charge on any atom is -0.495 e.